The predicted octanol–water partition coefficient (Wildman–Crippen LogP) is 4.78. The molecule has 2 N–H and O–H groups in total. The van der Waals surface area contributed by atoms with Crippen molar-refractivity contribution in [2.45, 2.75) is 37.8 Å². The van der Waals surface area contributed by atoms with Crippen LogP contribution >= 0.6 is 0 Å². The minimum Gasteiger partial charge on any atom is -0.366 e. The fourth-order valence-corrected chi connectivity index (χ4v) is 5.15. The Balaban J connectivity index is 1.12. The number of amides is 2. The quantitative estimate of drug-likeness (QED) is 0.386. The third-order valence-corrected chi connectivity index (χ3v) is 7.39. The largest absolute Gasteiger partial charge is 0.366 e. The van der Waals surface area contributed by atoms with Crippen molar-refractivity contribution < 1.29 is 14.1 Å². The first-order chi connectivity index (χ1) is 18.6. The Labute approximate surface area is 221 Å². The number of primary amides is 1. The summed E-state index contributed by atoms with van der Waals surface area (Å²) in [6.07, 6.45) is 3.83. The van der Waals surface area contributed by atoms with E-state index < -0.39 is 5.91 Å². The van der Waals surface area contributed by atoms with Gasteiger partial charge in [0.05, 0.1) is 0 Å². The zero-order chi connectivity index (χ0) is 26.1. The van der Waals surface area contributed by atoms with Crippen LogP contribution in [0.5, 0.6) is 0 Å². The van der Waals surface area contributed by atoms with Crippen LogP contribution in [0.15, 0.2) is 83.4 Å². The number of benzene rings is 3. The SMILES string of the molecule is NC(=O)c1ccc(-c2ccc(C(=O)N(C3CC3)C3CCN(c4nc(-c5ccccc5)no4)CC3)cc2)cc1. The van der Waals surface area contributed by atoms with Gasteiger partial charge in [0, 0.05) is 41.9 Å². The molecule has 1 aliphatic heterocycles. The Hall–Kier alpha value is -4.46. The monoisotopic (exact) mass is 507 g/mol. The Kier molecular flexibility index (Phi) is 6.37. The molecule has 2 amide bonds. The summed E-state index contributed by atoms with van der Waals surface area (Å²) in [4.78, 5) is 33.8. The van der Waals surface area contributed by atoms with Gasteiger partial charge in [-0.3, -0.25) is 9.59 Å². The number of carbonyl (C=O) groups excluding carboxylic acids is 2. The minimum absolute atomic E-state index is 0.0886. The second kappa shape index (κ2) is 10.1. The fourth-order valence-electron chi connectivity index (χ4n) is 5.15. The number of hydrogen-bond donors (Lipinski definition) is 1. The number of carbonyl (C=O) groups is 2. The molecule has 1 aromatic heterocycles. The molecule has 2 fully saturated rings. The number of piperidine rings is 1. The molecular formula is C30H29N5O3. The number of rotatable bonds is 7. The molecule has 192 valence electrons. The van der Waals surface area contributed by atoms with Gasteiger partial charge in [0.15, 0.2) is 0 Å². The second-order valence-corrected chi connectivity index (χ2v) is 9.95. The van der Waals surface area contributed by atoms with E-state index in [2.05, 4.69) is 19.9 Å². The Bertz CT molecular complexity index is 1420. The maximum atomic E-state index is 13.6. The van der Waals surface area contributed by atoms with E-state index in [-0.39, 0.29) is 11.9 Å². The van der Waals surface area contributed by atoms with E-state index in [0.29, 0.717) is 29.0 Å². The predicted molar refractivity (Wildman–Crippen MR) is 145 cm³/mol. The van der Waals surface area contributed by atoms with E-state index in [1.165, 1.54) is 0 Å². The van der Waals surface area contributed by atoms with Crippen LogP contribution in [0.2, 0.25) is 0 Å². The van der Waals surface area contributed by atoms with Gasteiger partial charge in [0.2, 0.25) is 11.7 Å². The van der Waals surface area contributed by atoms with Crippen molar-refractivity contribution in [3.05, 3.63) is 90.0 Å². The van der Waals surface area contributed by atoms with Crippen molar-refractivity contribution in [1.29, 1.82) is 0 Å². The minimum atomic E-state index is -0.447. The van der Waals surface area contributed by atoms with Gasteiger partial charge >= 0.3 is 6.01 Å². The first-order valence-corrected chi connectivity index (χ1v) is 13.0. The lowest BCUT2D eigenvalue weighted by atomic mass is 10.00. The van der Waals surface area contributed by atoms with E-state index >= 15 is 0 Å². The van der Waals surface area contributed by atoms with Crippen LogP contribution in [0.3, 0.4) is 0 Å². The lowest BCUT2D eigenvalue weighted by molar-refractivity contribution is 0.0629. The molecule has 2 heterocycles. The van der Waals surface area contributed by atoms with Gasteiger partial charge in [-0.1, -0.05) is 59.8 Å². The van der Waals surface area contributed by atoms with Crippen LogP contribution in [0.25, 0.3) is 22.5 Å². The Morgan fingerprint density at radius 1 is 0.763 bits per heavy atom. The summed E-state index contributed by atoms with van der Waals surface area (Å²) >= 11 is 0. The van der Waals surface area contributed by atoms with Gasteiger partial charge in [-0.25, -0.2) is 0 Å². The number of hydrogen-bond acceptors (Lipinski definition) is 6. The average molecular weight is 508 g/mol. The highest BCUT2D eigenvalue weighted by Gasteiger charge is 2.39. The van der Waals surface area contributed by atoms with Crippen LogP contribution in [-0.4, -0.2) is 52.0 Å². The number of nitrogens with zero attached hydrogens (tertiary/aromatic N) is 4. The van der Waals surface area contributed by atoms with E-state index in [0.717, 1.165) is 55.5 Å². The zero-order valence-corrected chi connectivity index (χ0v) is 21.0. The summed E-state index contributed by atoms with van der Waals surface area (Å²) < 4.78 is 5.56. The summed E-state index contributed by atoms with van der Waals surface area (Å²) in [5.41, 5.74) is 9.39. The third-order valence-electron chi connectivity index (χ3n) is 7.39. The van der Waals surface area contributed by atoms with Gasteiger partial charge in [0.25, 0.3) is 5.91 Å². The summed E-state index contributed by atoms with van der Waals surface area (Å²) in [5.74, 6) is 0.230. The molecule has 0 radical (unpaired) electrons. The molecule has 8 nitrogen and oxygen atoms in total. The summed E-state index contributed by atoms with van der Waals surface area (Å²) in [7, 11) is 0. The molecule has 8 heteroatoms. The molecule has 6 rings (SSSR count). The van der Waals surface area contributed by atoms with Crippen LogP contribution in [0.1, 0.15) is 46.4 Å². The topological polar surface area (TPSA) is 106 Å². The molecule has 4 aromatic rings. The highest BCUT2D eigenvalue weighted by atomic mass is 16.5. The highest BCUT2D eigenvalue weighted by Crippen LogP contribution is 2.34. The summed E-state index contributed by atoms with van der Waals surface area (Å²) in [6, 6.07) is 25.7. The second-order valence-electron chi connectivity index (χ2n) is 9.95. The van der Waals surface area contributed by atoms with Crippen molar-refractivity contribution >= 4 is 17.8 Å². The van der Waals surface area contributed by atoms with Crippen molar-refractivity contribution in [2.75, 3.05) is 18.0 Å². The number of aromatic nitrogens is 2. The molecule has 1 saturated carbocycles. The molecule has 0 spiro atoms. The first-order valence-electron chi connectivity index (χ1n) is 13.0. The first kappa shape index (κ1) is 23.9. The molecule has 0 atom stereocenters. The lowest BCUT2D eigenvalue weighted by Crippen LogP contribution is -2.48. The fraction of sp³-hybridized carbons (Fsp3) is 0.267. The molecular weight excluding hydrogens is 478 g/mol. The van der Waals surface area contributed by atoms with E-state index in [4.69, 9.17) is 10.3 Å². The van der Waals surface area contributed by atoms with Gasteiger partial charge in [-0.2, -0.15) is 4.98 Å². The lowest BCUT2D eigenvalue weighted by Gasteiger charge is -2.38. The van der Waals surface area contributed by atoms with Crippen LogP contribution in [0.4, 0.5) is 6.01 Å². The molecule has 2 aliphatic rings. The standard InChI is InChI=1S/C30H29N5O3/c31-27(36)22-10-6-20(7-11-22)21-8-12-24(13-9-21)29(37)35(25-14-15-25)26-16-18-34(19-17-26)30-32-28(33-38-30)23-4-2-1-3-5-23/h1-13,25-26H,14-19H2,(H2,31,36). The van der Waals surface area contributed by atoms with Gasteiger partial charge < -0.3 is 20.1 Å². The molecule has 1 saturated heterocycles. The summed E-state index contributed by atoms with van der Waals surface area (Å²) in [6.45, 7) is 1.52. The van der Waals surface area contributed by atoms with Crippen molar-refractivity contribution in [1.82, 2.24) is 15.0 Å². The van der Waals surface area contributed by atoms with E-state index in [1.807, 2.05) is 66.7 Å². The molecule has 0 unspecified atom stereocenters. The van der Waals surface area contributed by atoms with Gasteiger partial charge in [0.1, 0.15) is 0 Å². The van der Waals surface area contributed by atoms with E-state index in [1.54, 1.807) is 12.1 Å². The van der Waals surface area contributed by atoms with Crippen molar-refractivity contribution in [3.63, 3.8) is 0 Å². The maximum absolute atomic E-state index is 13.6. The van der Waals surface area contributed by atoms with Crippen molar-refractivity contribution in [2.24, 2.45) is 5.73 Å². The number of nitrogens with two attached hydrogens (primary N) is 1. The summed E-state index contributed by atoms with van der Waals surface area (Å²) in [5, 5.41) is 4.15. The molecule has 38 heavy (non-hydrogen) atoms. The molecule has 0 bridgehead atoms. The third kappa shape index (κ3) is 4.89. The van der Waals surface area contributed by atoms with Crippen LogP contribution in [0, 0.1) is 0 Å². The zero-order valence-electron chi connectivity index (χ0n) is 21.0. The average Bonchev–Trinajstić information content (AvgIpc) is 3.68. The Morgan fingerprint density at radius 2 is 1.34 bits per heavy atom. The maximum Gasteiger partial charge on any atom is 0.324 e. The Morgan fingerprint density at radius 3 is 1.92 bits per heavy atom. The van der Waals surface area contributed by atoms with E-state index in [9.17, 15) is 9.59 Å². The highest BCUT2D eigenvalue weighted by molar-refractivity contribution is 5.96. The molecule has 3 aromatic carbocycles. The normalized spacial score (nSPS) is 15.8. The number of anilines is 1. The smallest absolute Gasteiger partial charge is 0.324 e. The van der Waals surface area contributed by atoms with Gasteiger partial charge in [-0.05, 0) is 61.1 Å². The van der Waals surface area contributed by atoms with Crippen LogP contribution < -0.4 is 10.6 Å². The van der Waals surface area contributed by atoms with Crippen molar-refractivity contribution in [3.8, 4) is 22.5 Å². The molecule has 1 aliphatic carbocycles. The van der Waals surface area contributed by atoms with Crippen LogP contribution in [-0.2, 0) is 0 Å². The van der Waals surface area contributed by atoms with Gasteiger partial charge in [-0.15, -0.1) is 0 Å².